The predicted molar refractivity (Wildman–Crippen MR) is 176 cm³/mol. The van der Waals surface area contributed by atoms with E-state index in [1.54, 1.807) is 24.5 Å². The molecule has 242 valence electrons. The molecule has 0 aliphatic heterocycles. The number of hydrogen-bond donors (Lipinski definition) is 3. The Morgan fingerprint density at radius 3 is 1.83 bits per heavy atom. The zero-order valence-electron chi connectivity index (χ0n) is 28.3. The van der Waals surface area contributed by atoms with Gasteiger partial charge in [0.1, 0.15) is 23.7 Å². The van der Waals surface area contributed by atoms with Gasteiger partial charge >= 0.3 is 29.6 Å². The number of aliphatic hydroxyl groups excluding tert-OH is 1. The molecule has 2 aliphatic carbocycles. The van der Waals surface area contributed by atoms with Gasteiger partial charge in [-0.25, -0.2) is 9.97 Å². The van der Waals surface area contributed by atoms with Crippen molar-refractivity contribution in [3.8, 4) is 28.8 Å². The molecule has 0 aromatic carbocycles. The molecule has 0 spiro atoms. The van der Waals surface area contributed by atoms with Crippen molar-refractivity contribution in [1.82, 2.24) is 39.7 Å². The molecule has 0 atom stereocenters. The number of rotatable bonds is 8. The van der Waals surface area contributed by atoms with Crippen LogP contribution in [0.3, 0.4) is 0 Å². The quantitative estimate of drug-likeness (QED) is 0.218. The molecule has 0 saturated heterocycles. The third-order valence-corrected chi connectivity index (χ3v) is 7.41. The summed E-state index contributed by atoms with van der Waals surface area (Å²) in [5.41, 5.74) is 4.57. The number of pyridine rings is 2. The molecule has 0 amide bonds. The van der Waals surface area contributed by atoms with Gasteiger partial charge < -0.3 is 31.0 Å². The van der Waals surface area contributed by atoms with Crippen LogP contribution in [0.2, 0.25) is 5.02 Å². The maximum atomic E-state index is 12.1. The summed E-state index contributed by atoms with van der Waals surface area (Å²) in [6.45, 7) is 2.46. The average Bonchev–Trinajstić information content (AvgIpc) is 3.68. The minimum Gasteiger partial charge on any atom is -1.00 e. The summed E-state index contributed by atoms with van der Waals surface area (Å²) in [7, 11) is 7.85. The second-order valence-electron chi connectivity index (χ2n) is 11.3. The van der Waals surface area contributed by atoms with Gasteiger partial charge in [0.25, 0.3) is 11.1 Å². The SMILES string of the molecule is CN(C)CCO.CN(C)CCOc1ccnc(-c2nc3c(c(=O)[nH]2)CCC3)c1.O=c1[nH]c(-c2cc(Cl)ccn2)nc2c1CCC2.[H-].[Na+]. The number of halogens is 1. The Hall–Kier alpha value is -2.97. The Morgan fingerprint density at radius 1 is 0.826 bits per heavy atom. The topological polar surface area (TPSA) is 153 Å². The van der Waals surface area contributed by atoms with E-state index in [1.165, 1.54) is 0 Å². The van der Waals surface area contributed by atoms with Crippen molar-refractivity contribution in [2.24, 2.45) is 0 Å². The van der Waals surface area contributed by atoms with Crippen molar-refractivity contribution >= 4 is 11.6 Å². The molecule has 0 radical (unpaired) electrons. The summed E-state index contributed by atoms with van der Waals surface area (Å²) < 4.78 is 5.70. The van der Waals surface area contributed by atoms with Crippen molar-refractivity contribution in [3.05, 3.63) is 84.9 Å². The number of aryl methyl sites for hydroxylation is 2. The summed E-state index contributed by atoms with van der Waals surface area (Å²) in [5, 5.41) is 8.78. The van der Waals surface area contributed by atoms with E-state index in [0.29, 0.717) is 34.7 Å². The molecule has 4 heterocycles. The zero-order chi connectivity index (χ0) is 32.3. The standard InChI is InChI=1S/C16H20N4O2.C12H10ClN3O.C4H11NO.Na.H/c1-20(2)8-9-22-11-6-7-17-14(10-11)15-18-13-5-3-4-12(13)16(21)19-15;13-7-4-5-14-10(6-7)11-15-9-3-1-2-8(9)12(17)16-11;1-5(2)3-4-6;;/h6-7,10H,3-5,8-9H2,1-2H3,(H,18,19,21);4-6H,1-3H2,(H,15,16,17);6H,3-4H2,1-2H3;;/q;;;+1;-1. The van der Waals surface area contributed by atoms with Gasteiger partial charge in [0.05, 0.1) is 18.0 Å². The van der Waals surface area contributed by atoms with Crippen LogP contribution in [-0.4, -0.2) is 99.3 Å². The molecule has 4 aromatic heterocycles. The number of H-pyrrole nitrogens is 2. The van der Waals surface area contributed by atoms with Gasteiger partial charge in [0.2, 0.25) is 0 Å². The largest absolute Gasteiger partial charge is 1.00 e. The number of nitrogens with one attached hydrogen (secondary N) is 2. The van der Waals surface area contributed by atoms with Crippen LogP contribution in [0.4, 0.5) is 0 Å². The van der Waals surface area contributed by atoms with Crippen molar-refractivity contribution in [3.63, 3.8) is 0 Å². The summed E-state index contributed by atoms with van der Waals surface area (Å²) in [5.74, 6) is 1.75. The minimum atomic E-state index is -0.0516. The Bertz CT molecular complexity index is 1700. The Kier molecular flexibility index (Phi) is 15.0. The second kappa shape index (κ2) is 18.4. The minimum absolute atomic E-state index is 0. The van der Waals surface area contributed by atoms with Crippen molar-refractivity contribution < 1.29 is 40.8 Å². The fourth-order valence-electron chi connectivity index (χ4n) is 4.84. The average molecular weight is 661 g/mol. The molecule has 12 nitrogen and oxygen atoms in total. The first-order valence-corrected chi connectivity index (χ1v) is 15.4. The fraction of sp³-hybridized carbons (Fsp3) is 0.438. The Labute approximate surface area is 297 Å². The van der Waals surface area contributed by atoms with E-state index in [-0.39, 0.29) is 48.7 Å². The number of ether oxygens (including phenoxy) is 1. The first-order valence-electron chi connectivity index (χ1n) is 15.0. The maximum Gasteiger partial charge on any atom is 1.00 e. The van der Waals surface area contributed by atoms with E-state index >= 15 is 0 Å². The molecule has 3 N–H and O–H groups in total. The van der Waals surface area contributed by atoms with Gasteiger partial charge in [-0.1, -0.05) is 11.6 Å². The number of likely N-dealkylation sites (N-methyl/N-ethyl adjacent to an activating group) is 2. The van der Waals surface area contributed by atoms with Crippen molar-refractivity contribution in [2.75, 3.05) is 54.5 Å². The van der Waals surface area contributed by atoms with Gasteiger partial charge in [-0.2, -0.15) is 0 Å². The van der Waals surface area contributed by atoms with E-state index in [2.05, 4.69) is 34.8 Å². The van der Waals surface area contributed by atoms with E-state index < -0.39 is 0 Å². The molecule has 0 bridgehead atoms. The van der Waals surface area contributed by atoms with Gasteiger partial charge in [0.15, 0.2) is 11.6 Å². The first-order chi connectivity index (χ1) is 21.6. The molecule has 0 fully saturated rings. The van der Waals surface area contributed by atoms with Crippen molar-refractivity contribution in [1.29, 1.82) is 0 Å². The number of hydrogen-bond acceptors (Lipinski definition) is 10. The molecule has 46 heavy (non-hydrogen) atoms. The molecular formula is C32H42ClN8NaO4. The third-order valence-electron chi connectivity index (χ3n) is 7.18. The fourth-order valence-corrected chi connectivity index (χ4v) is 5.00. The molecule has 14 heteroatoms. The van der Waals surface area contributed by atoms with Crippen LogP contribution in [0, 0.1) is 0 Å². The van der Waals surface area contributed by atoms with Crippen LogP contribution < -0.4 is 45.4 Å². The van der Waals surface area contributed by atoms with Gasteiger partial charge in [-0.05, 0) is 84.9 Å². The van der Waals surface area contributed by atoms with Crippen LogP contribution >= 0.6 is 11.6 Å². The van der Waals surface area contributed by atoms with Crippen LogP contribution in [0.25, 0.3) is 23.0 Å². The van der Waals surface area contributed by atoms with Crippen LogP contribution in [0.5, 0.6) is 5.75 Å². The van der Waals surface area contributed by atoms with Gasteiger partial charge in [0, 0.05) is 47.7 Å². The van der Waals surface area contributed by atoms with Crippen molar-refractivity contribution in [2.45, 2.75) is 38.5 Å². The number of aromatic amines is 2. The summed E-state index contributed by atoms with van der Waals surface area (Å²) >= 11 is 5.89. The predicted octanol–water partition coefficient (Wildman–Crippen LogP) is -0.108. The molecular weight excluding hydrogens is 619 g/mol. The maximum absolute atomic E-state index is 12.1. The molecule has 6 rings (SSSR count). The van der Waals surface area contributed by atoms with Crippen LogP contribution in [-0.2, 0) is 25.7 Å². The van der Waals surface area contributed by atoms with E-state index in [1.807, 2.05) is 45.2 Å². The van der Waals surface area contributed by atoms with Gasteiger partial charge in [-0.15, -0.1) is 0 Å². The number of aliphatic hydroxyl groups is 1. The second-order valence-corrected chi connectivity index (χ2v) is 11.7. The molecule has 2 aliphatic rings. The molecule has 0 saturated carbocycles. The first kappa shape index (κ1) is 37.5. The summed E-state index contributed by atoms with van der Waals surface area (Å²) in [4.78, 5) is 51.0. The molecule has 4 aromatic rings. The van der Waals surface area contributed by atoms with E-state index in [4.69, 9.17) is 21.4 Å². The third kappa shape index (κ3) is 10.8. The summed E-state index contributed by atoms with van der Waals surface area (Å²) in [6.07, 6.45) is 8.64. The zero-order valence-corrected chi connectivity index (χ0v) is 30.0. The Balaban J connectivity index is 0.000000274. The number of fused-ring (bicyclic) bond motifs is 2. The monoisotopic (exact) mass is 660 g/mol. The smallest absolute Gasteiger partial charge is 1.00 e. The number of nitrogens with zero attached hydrogens (tertiary/aromatic N) is 6. The van der Waals surface area contributed by atoms with Crippen LogP contribution in [0.1, 0.15) is 36.8 Å². The number of aromatic nitrogens is 6. The molecule has 0 unspecified atom stereocenters. The van der Waals surface area contributed by atoms with Gasteiger partial charge in [-0.3, -0.25) is 19.6 Å². The van der Waals surface area contributed by atoms with E-state index in [9.17, 15) is 9.59 Å². The van der Waals surface area contributed by atoms with Crippen LogP contribution in [0.15, 0.2) is 46.2 Å². The Morgan fingerprint density at radius 2 is 1.35 bits per heavy atom. The normalized spacial score (nSPS) is 12.8. The van der Waals surface area contributed by atoms with E-state index in [0.717, 1.165) is 79.9 Å². The summed E-state index contributed by atoms with van der Waals surface area (Å²) in [6, 6.07) is 7.01.